The van der Waals surface area contributed by atoms with Crippen molar-refractivity contribution in [3.8, 4) is 0 Å². The van der Waals surface area contributed by atoms with Gasteiger partial charge in [0.25, 0.3) is 5.91 Å². The van der Waals surface area contributed by atoms with E-state index in [1.54, 1.807) is 0 Å². The number of thioether (sulfide) groups is 1. The highest BCUT2D eigenvalue weighted by atomic mass is 32.2. The number of rotatable bonds is 2. The second-order valence-electron chi connectivity index (χ2n) is 4.96. The lowest BCUT2D eigenvalue weighted by atomic mass is 10.2. The summed E-state index contributed by atoms with van der Waals surface area (Å²) in [6.07, 6.45) is 1.20. The molecule has 1 N–H and O–H groups in total. The predicted octanol–water partition coefficient (Wildman–Crippen LogP) is 4.16. The number of amides is 1. The van der Waals surface area contributed by atoms with Crippen LogP contribution in [0.25, 0.3) is 6.08 Å². The van der Waals surface area contributed by atoms with Crippen molar-refractivity contribution in [2.45, 2.75) is 6.92 Å². The summed E-state index contributed by atoms with van der Waals surface area (Å²) in [5.41, 5.74) is 1.51. The zero-order valence-electron chi connectivity index (χ0n) is 12.1. The summed E-state index contributed by atoms with van der Waals surface area (Å²) in [4.78, 5) is 16.5. The molecule has 1 aliphatic rings. The molecule has 0 radical (unpaired) electrons. The molecule has 3 nitrogen and oxygen atoms in total. The molecule has 0 bridgehead atoms. The monoisotopic (exact) mass is 330 g/mol. The number of carbonyl (C=O) groups excluding carboxylic acids is 1. The fourth-order valence-electron chi connectivity index (χ4n) is 2.07. The lowest BCUT2D eigenvalue weighted by Crippen LogP contribution is -2.19. The number of aryl methyl sites for hydroxylation is 1. The fourth-order valence-corrected chi connectivity index (χ4v) is 2.90. The van der Waals surface area contributed by atoms with Gasteiger partial charge in [0.15, 0.2) is 5.17 Å². The Morgan fingerprint density at radius 1 is 1.13 bits per heavy atom. The minimum atomic E-state index is -0.713. The SMILES string of the molecule is Cc1cccc(N=C2NC(=O)/C(=C\c3c(F)cccc3F)S2)c1. The van der Waals surface area contributed by atoms with Gasteiger partial charge in [0.05, 0.1) is 10.6 Å². The van der Waals surface area contributed by atoms with E-state index >= 15 is 0 Å². The normalized spacial score (nSPS) is 17.8. The van der Waals surface area contributed by atoms with Gasteiger partial charge in [-0.3, -0.25) is 4.79 Å². The molecule has 1 fully saturated rings. The molecule has 6 heteroatoms. The van der Waals surface area contributed by atoms with Crippen LogP contribution in [0.4, 0.5) is 14.5 Å². The van der Waals surface area contributed by atoms with Gasteiger partial charge in [0.1, 0.15) is 11.6 Å². The third kappa shape index (κ3) is 3.48. The first-order valence-corrected chi connectivity index (χ1v) is 7.65. The highest BCUT2D eigenvalue weighted by molar-refractivity contribution is 8.18. The summed E-state index contributed by atoms with van der Waals surface area (Å²) in [7, 11) is 0. The van der Waals surface area contributed by atoms with Gasteiger partial charge in [-0.1, -0.05) is 18.2 Å². The molecule has 0 spiro atoms. The highest BCUT2D eigenvalue weighted by Crippen LogP contribution is 2.29. The number of nitrogens with zero attached hydrogens (tertiary/aromatic N) is 1. The number of carbonyl (C=O) groups is 1. The van der Waals surface area contributed by atoms with E-state index in [0.717, 1.165) is 29.5 Å². The Hall–Kier alpha value is -2.47. The highest BCUT2D eigenvalue weighted by Gasteiger charge is 2.24. The molecule has 116 valence electrons. The van der Waals surface area contributed by atoms with E-state index in [1.807, 2.05) is 31.2 Å². The summed E-state index contributed by atoms with van der Waals surface area (Å²) in [6.45, 7) is 1.94. The van der Waals surface area contributed by atoms with Gasteiger partial charge in [-0.05, 0) is 54.6 Å². The molecule has 0 aliphatic carbocycles. The van der Waals surface area contributed by atoms with Gasteiger partial charge >= 0.3 is 0 Å². The summed E-state index contributed by atoms with van der Waals surface area (Å²) in [5.74, 6) is -1.85. The van der Waals surface area contributed by atoms with Crippen molar-refractivity contribution in [1.82, 2.24) is 5.32 Å². The molecule has 2 aromatic rings. The van der Waals surface area contributed by atoms with Gasteiger partial charge in [0.2, 0.25) is 0 Å². The second-order valence-corrected chi connectivity index (χ2v) is 5.99. The van der Waals surface area contributed by atoms with E-state index in [0.29, 0.717) is 10.9 Å². The van der Waals surface area contributed by atoms with Crippen molar-refractivity contribution in [3.63, 3.8) is 0 Å². The average Bonchev–Trinajstić information content (AvgIpc) is 2.83. The fraction of sp³-hybridized carbons (Fsp3) is 0.0588. The Bertz CT molecular complexity index is 826. The van der Waals surface area contributed by atoms with E-state index < -0.39 is 17.5 Å². The summed E-state index contributed by atoms with van der Waals surface area (Å²) >= 11 is 1.05. The van der Waals surface area contributed by atoms with E-state index in [1.165, 1.54) is 12.1 Å². The number of benzene rings is 2. The lowest BCUT2D eigenvalue weighted by molar-refractivity contribution is -0.115. The first kappa shape index (κ1) is 15.4. The van der Waals surface area contributed by atoms with Gasteiger partial charge in [-0.25, -0.2) is 13.8 Å². The van der Waals surface area contributed by atoms with Gasteiger partial charge in [-0.2, -0.15) is 0 Å². The van der Waals surface area contributed by atoms with Gasteiger partial charge < -0.3 is 5.32 Å². The first-order chi connectivity index (χ1) is 11.0. The zero-order chi connectivity index (χ0) is 16.4. The Kier molecular flexibility index (Phi) is 4.25. The molecule has 0 aromatic heterocycles. The Labute approximate surface area is 136 Å². The van der Waals surface area contributed by atoms with Crippen LogP contribution >= 0.6 is 11.8 Å². The van der Waals surface area contributed by atoms with Crippen LogP contribution in [0.1, 0.15) is 11.1 Å². The molecule has 23 heavy (non-hydrogen) atoms. The molecule has 0 saturated carbocycles. The largest absolute Gasteiger partial charge is 0.300 e. The van der Waals surface area contributed by atoms with Gasteiger partial charge in [0, 0.05) is 5.56 Å². The Morgan fingerprint density at radius 3 is 2.52 bits per heavy atom. The first-order valence-electron chi connectivity index (χ1n) is 6.83. The molecular formula is C17H12F2N2OS. The van der Waals surface area contributed by atoms with Crippen LogP contribution in [0.15, 0.2) is 52.4 Å². The number of aliphatic imine (C=N–C) groups is 1. The number of halogens is 2. The summed E-state index contributed by atoms with van der Waals surface area (Å²) in [6, 6.07) is 11.1. The molecule has 1 saturated heterocycles. The van der Waals surface area contributed by atoms with E-state index in [-0.39, 0.29) is 10.5 Å². The third-order valence-corrected chi connectivity index (χ3v) is 4.07. The van der Waals surface area contributed by atoms with Crippen LogP contribution in [-0.4, -0.2) is 11.1 Å². The van der Waals surface area contributed by atoms with E-state index in [2.05, 4.69) is 10.3 Å². The Morgan fingerprint density at radius 2 is 1.83 bits per heavy atom. The second kappa shape index (κ2) is 6.34. The topological polar surface area (TPSA) is 41.5 Å². The molecule has 0 unspecified atom stereocenters. The van der Waals surface area contributed by atoms with Crippen molar-refractivity contribution in [2.75, 3.05) is 0 Å². The zero-order valence-corrected chi connectivity index (χ0v) is 13.0. The van der Waals surface area contributed by atoms with Crippen LogP contribution in [0.5, 0.6) is 0 Å². The quantitative estimate of drug-likeness (QED) is 0.840. The lowest BCUT2D eigenvalue weighted by Gasteiger charge is -1.99. The minimum Gasteiger partial charge on any atom is -0.300 e. The van der Waals surface area contributed by atoms with Crippen LogP contribution in [0, 0.1) is 18.6 Å². The molecule has 1 heterocycles. The number of amidine groups is 1. The van der Waals surface area contributed by atoms with Crippen molar-refractivity contribution >= 4 is 34.6 Å². The minimum absolute atomic E-state index is 0.195. The maximum atomic E-state index is 13.7. The molecule has 1 amide bonds. The van der Waals surface area contributed by atoms with Crippen molar-refractivity contribution in [2.24, 2.45) is 4.99 Å². The van der Waals surface area contributed by atoms with E-state index in [9.17, 15) is 13.6 Å². The van der Waals surface area contributed by atoms with Crippen LogP contribution in [-0.2, 0) is 4.79 Å². The van der Waals surface area contributed by atoms with E-state index in [4.69, 9.17) is 0 Å². The van der Waals surface area contributed by atoms with Crippen LogP contribution in [0.2, 0.25) is 0 Å². The summed E-state index contributed by atoms with van der Waals surface area (Å²) < 4.78 is 27.3. The van der Waals surface area contributed by atoms with Crippen LogP contribution < -0.4 is 5.32 Å². The predicted molar refractivity (Wildman–Crippen MR) is 88.3 cm³/mol. The third-order valence-electron chi connectivity index (χ3n) is 3.16. The molecule has 1 aliphatic heterocycles. The average molecular weight is 330 g/mol. The maximum absolute atomic E-state index is 13.7. The van der Waals surface area contributed by atoms with Gasteiger partial charge in [-0.15, -0.1) is 0 Å². The van der Waals surface area contributed by atoms with Crippen LogP contribution in [0.3, 0.4) is 0 Å². The maximum Gasteiger partial charge on any atom is 0.264 e. The number of hydrogen-bond acceptors (Lipinski definition) is 3. The number of hydrogen-bond donors (Lipinski definition) is 1. The molecule has 2 aromatic carbocycles. The van der Waals surface area contributed by atoms with Crippen molar-refractivity contribution < 1.29 is 13.6 Å². The summed E-state index contributed by atoms with van der Waals surface area (Å²) in [5, 5.41) is 2.97. The standard InChI is InChI=1S/C17H12F2N2OS/c1-10-4-2-5-11(8-10)20-17-21-16(22)15(23-17)9-12-13(18)6-3-7-14(12)19/h2-9H,1H3,(H,20,21,22)/b15-9+. The van der Waals surface area contributed by atoms with Crippen molar-refractivity contribution in [1.29, 1.82) is 0 Å². The number of nitrogens with one attached hydrogen (secondary N) is 1. The molecular weight excluding hydrogens is 318 g/mol. The molecule has 0 atom stereocenters. The Balaban J connectivity index is 1.90. The van der Waals surface area contributed by atoms with Crippen molar-refractivity contribution in [3.05, 3.63) is 70.1 Å². The smallest absolute Gasteiger partial charge is 0.264 e. The molecule has 3 rings (SSSR count).